The topological polar surface area (TPSA) is 96.7 Å². The Bertz CT molecular complexity index is 1990. The van der Waals surface area contributed by atoms with Crippen molar-refractivity contribution in [3.63, 3.8) is 0 Å². The number of rotatable bonds is 8. The molecule has 1 aliphatic heterocycles. The Morgan fingerprint density at radius 2 is 1.78 bits per heavy atom. The molecule has 226 valence electrons. The second kappa shape index (κ2) is 12.9. The number of imidazole rings is 1. The van der Waals surface area contributed by atoms with Gasteiger partial charge in [0.1, 0.15) is 5.69 Å². The molecule has 4 heterocycles. The first-order chi connectivity index (χ1) is 22.0. The normalized spacial score (nSPS) is 13.2. The summed E-state index contributed by atoms with van der Waals surface area (Å²) in [5, 5.41) is 9.19. The highest BCUT2D eigenvalue weighted by atomic mass is 35.5. The SMILES string of the molecule is O=C(Cc1ccc(Cl)c(Cl)c1)Nc1cccc(-c2nc3sccn3c2-c2ccnc(Nc3ccc(N4CCOCC4)cc3)n2)c1. The summed E-state index contributed by atoms with van der Waals surface area (Å²) in [4.78, 5) is 30.3. The first kappa shape index (κ1) is 29.2. The third kappa shape index (κ3) is 6.50. The molecule has 0 atom stereocenters. The molecule has 1 amide bonds. The van der Waals surface area contributed by atoms with E-state index in [0.717, 1.165) is 65.2 Å². The van der Waals surface area contributed by atoms with Gasteiger partial charge in [0.05, 0.1) is 41.1 Å². The van der Waals surface area contributed by atoms with Crippen molar-refractivity contribution in [2.24, 2.45) is 0 Å². The predicted octanol–water partition coefficient (Wildman–Crippen LogP) is 7.59. The number of carbonyl (C=O) groups excluding carboxylic acids is 1. The molecule has 0 aliphatic carbocycles. The number of thiazole rings is 1. The monoisotopic (exact) mass is 655 g/mol. The molecule has 6 aromatic rings. The molecule has 1 fully saturated rings. The number of benzene rings is 3. The van der Waals surface area contributed by atoms with E-state index in [1.165, 1.54) is 0 Å². The fourth-order valence-electron chi connectivity index (χ4n) is 5.27. The maximum atomic E-state index is 12.9. The van der Waals surface area contributed by atoms with Crippen LogP contribution in [-0.2, 0) is 16.0 Å². The van der Waals surface area contributed by atoms with Crippen LogP contribution in [0.5, 0.6) is 0 Å². The van der Waals surface area contributed by atoms with Gasteiger partial charge in [0, 0.05) is 53.5 Å². The number of hydrogen-bond acceptors (Lipinski definition) is 8. The third-order valence-corrected chi connectivity index (χ3v) is 8.92. The van der Waals surface area contributed by atoms with Gasteiger partial charge in [0.15, 0.2) is 4.96 Å². The van der Waals surface area contributed by atoms with Gasteiger partial charge in [-0.2, -0.15) is 0 Å². The Labute approximate surface area is 273 Å². The smallest absolute Gasteiger partial charge is 0.228 e. The zero-order valence-corrected chi connectivity index (χ0v) is 26.2. The lowest BCUT2D eigenvalue weighted by Crippen LogP contribution is -2.36. The Balaban J connectivity index is 1.13. The van der Waals surface area contributed by atoms with Crippen LogP contribution in [0.3, 0.4) is 0 Å². The summed E-state index contributed by atoms with van der Waals surface area (Å²) in [5.41, 5.74) is 6.63. The zero-order chi connectivity index (χ0) is 30.8. The number of fused-ring (bicyclic) bond motifs is 1. The van der Waals surface area contributed by atoms with Crippen LogP contribution in [0.25, 0.3) is 27.6 Å². The Morgan fingerprint density at radius 3 is 2.60 bits per heavy atom. The van der Waals surface area contributed by atoms with Crippen LogP contribution in [0.15, 0.2) is 90.6 Å². The van der Waals surface area contributed by atoms with Crippen LogP contribution in [0.4, 0.5) is 23.0 Å². The molecule has 45 heavy (non-hydrogen) atoms. The Hall–Kier alpha value is -4.48. The van der Waals surface area contributed by atoms with E-state index in [1.54, 1.807) is 35.7 Å². The quantitative estimate of drug-likeness (QED) is 0.174. The van der Waals surface area contributed by atoms with Crippen molar-refractivity contribution in [2.75, 3.05) is 41.8 Å². The fourth-order valence-corrected chi connectivity index (χ4v) is 6.31. The highest BCUT2D eigenvalue weighted by Gasteiger charge is 2.19. The van der Waals surface area contributed by atoms with Gasteiger partial charge >= 0.3 is 0 Å². The van der Waals surface area contributed by atoms with E-state index in [1.807, 2.05) is 58.4 Å². The van der Waals surface area contributed by atoms with Crippen LogP contribution in [0.2, 0.25) is 10.0 Å². The molecule has 9 nitrogen and oxygen atoms in total. The molecule has 1 saturated heterocycles. The summed E-state index contributed by atoms with van der Waals surface area (Å²) >= 11 is 13.7. The highest BCUT2D eigenvalue weighted by Crippen LogP contribution is 2.35. The van der Waals surface area contributed by atoms with Crippen LogP contribution in [-0.4, -0.2) is 51.6 Å². The van der Waals surface area contributed by atoms with Crippen molar-refractivity contribution in [2.45, 2.75) is 6.42 Å². The van der Waals surface area contributed by atoms with E-state index >= 15 is 0 Å². The molecule has 3 aromatic carbocycles. The van der Waals surface area contributed by atoms with Gasteiger partial charge in [0.25, 0.3) is 0 Å². The van der Waals surface area contributed by atoms with E-state index < -0.39 is 0 Å². The number of halogens is 2. The Morgan fingerprint density at radius 1 is 0.933 bits per heavy atom. The largest absolute Gasteiger partial charge is 0.378 e. The molecule has 12 heteroatoms. The summed E-state index contributed by atoms with van der Waals surface area (Å²) in [6.45, 7) is 3.26. The zero-order valence-electron chi connectivity index (χ0n) is 23.9. The van der Waals surface area contributed by atoms with Crippen molar-refractivity contribution in [3.05, 3.63) is 106 Å². The molecule has 0 bridgehead atoms. The minimum absolute atomic E-state index is 0.166. The first-order valence-electron chi connectivity index (χ1n) is 14.3. The van der Waals surface area contributed by atoms with E-state index in [9.17, 15) is 4.79 Å². The summed E-state index contributed by atoms with van der Waals surface area (Å²) in [6, 6.07) is 23.0. The average molecular weight is 657 g/mol. The predicted molar refractivity (Wildman–Crippen MR) is 181 cm³/mol. The number of amides is 1. The highest BCUT2D eigenvalue weighted by molar-refractivity contribution is 7.15. The van der Waals surface area contributed by atoms with Crippen molar-refractivity contribution in [1.82, 2.24) is 19.4 Å². The lowest BCUT2D eigenvalue weighted by Gasteiger charge is -2.28. The molecule has 0 unspecified atom stereocenters. The summed E-state index contributed by atoms with van der Waals surface area (Å²) in [6.07, 6.45) is 3.88. The maximum absolute atomic E-state index is 12.9. The number of hydrogen-bond donors (Lipinski definition) is 2. The maximum Gasteiger partial charge on any atom is 0.228 e. The van der Waals surface area contributed by atoms with E-state index in [-0.39, 0.29) is 12.3 Å². The molecule has 7 rings (SSSR count). The number of anilines is 4. The summed E-state index contributed by atoms with van der Waals surface area (Å²) < 4.78 is 7.50. The lowest BCUT2D eigenvalue weighted by molar-refractivity contribution is -0.115. The number of aromatic nitrogens is 4. The standard InChI is InChI=1S/C33H27Cl2N7O2S/c34-26-9-4-21(18-27(26)35)19-29(43)37-24-3-1-2-22(20-24)30-31(42-14-17-45-33(42)40-30)28-10-11-36-32(39-28)38-23-5-7-25(8-6-23)41-12-15-44-16-13-41/h1-11,14,17-18,20H,12-13,15-16,19H2,(H,37,43)(H,36,38,39). The van der Waals surface area contributed by atoms with Gasteiger partial charge in [0.2, 0.25) is 11.9 Å². The van der Waals surface area contributed by atoms with Crippen LogP contribution in [0.1, 0.15) is 5.56 Å². The van der Waals surface area contributed by atoms with E-state index in [2.05, 4.69) is 32.7 Å². The summed E-state index contributed by atoms with van der Waals surface area (Å²) in [5.74, 6) is 0.312. The molecule has 0 radical (unpaired) electrons. The van der Waals surface area contributed by atoms with Gasteiger partial charge < -0.3 is 20.3 Å². The molecule has 0 spiro atoms. The number of carbonyl (C=O) groups is 1. The minimum Gasteiger partial charge on any atom is -0.378 e. The lowest BCUT2D eigenvalue weighted by atomic mass is 10.1. The van der Waals surface area contributed by atoms with Gasteiger partial charge in [-0.15, -0.1) is 11.3 Å². The fraction of sp³-hybridized carbons (Fsp3) is 0.152. The number of morpholine rings is 1. The molecule has 1 aliphatic rings. The third-order valence-electron chi connectivity index (χ3n) is 7.43. The average Bonchev–Trinajstić information content (AvgIpc) is 3.66. The molecule has 3 aromatic heterocycles. The van der Waals surface area contributed by atoms with Gasteiger partial charge in [-0.3, -0.25) is 9.20 Å². The first-order valence-corrected chi connectivity index (χ1v) is 16.0. The second-order valence-electron chi connectivity index (χ2n) is 10.5. The molecular formula is C33H27Cl2N7O2S. The van der Waals surface area contributed by atoms with Crippen molar-refractivity contribution in [1.29, 1.82) is 0 Å². The van der Waals surface area contributed by atoms with Crippen LogP contribution < -0.4 is 15.5 Å². The van der Waals surface area contributed by atoms with Crippen molar-refractivity contribution < 1.29 is 9.53 Å². The van der Waals surface area contributed by atoms with E-state index in [0.29, 0.717) is 27.4 Å². The van der Waals surface area contributed by atoms with Crippen LogP contribution in [0, 0.1) is 0 Å². The van der Waals surface area contributed by atoms with Gasteiger partial charge in [-0.1, -0.05) is 41.4 Å². The van der Waals surface area contributed by atoms with Gasteiger partial charge in [-0.25, -0.2) is 15.0 Å². The minimum atomic E-state index is -0.166. The summed E-state index contributed by atoms with van der Waals surface area (Å²) in [7, 11) is 0. The number of ether oxygens (including phenoxy) is 1. The molecule has 2 N–H and O–H groups in total. The Kier molecular flexibility index (Phi) is 8.36. The van der Waals surface area contributed by atoms with Crippen LogP contribution >= 0.6 is 34.5 Å². The molecule has 0 saturated carbocycles. The second-order valence-corrected chi connectivity index (χ2v) is 12.1. The molecular weight excluding hydrogens is 629 g/mol. The van der Waals surface area contributed by atoms with Gasteiger partial charge in [-0.05, 0) is 60.2 Å². The number of nitrogens with zero attached hydrogens (tertiary/aromatic N) is 5. The van der Waals surface area contributed by atoms with Crippen molar-refractivity contribution >= 4 is 68.4 Å². The van der Waals surface area contributed by atoms with E-state index in [4.69, 9.17) is 37.9 Å². The van der Waals surface area contributed by atoms with Crippen molar-refractivity contribution in [3.8, 4) is 22.6 Å². The number of nitrogens with one attached hydrogen (secondary N) is 2.